The maximum absolute atomic E-state index is 13.3. The first-order chi connectivity index (χ1) is 19.2. The second-order valence-corrected chi connectivity index (χ2v) is 9.95. The first-order valence-electron chi connectivity index (χ1n) is 12.7. The van der Waals surface area contributed by atoms with Crippen molar-refractivity contribution in [3.63, 3.8) is 0 Å². The van der Waals surface area contributed by atoms with E-state index in [0.29, 0.717) is 12.1 Å². The Morgan fingerprint density at radius 3 is 2.12 bits per heavy atom. The van der Waals surface area contributed by atoms with Gasteiger partial charge in [-0.15, -0.1) is 6.58 Å². The number of ether oxygens (including phenoxy) is 1. The Hall–Kier alpha value is -4.03. The number of hydrogen-bond donors (Lipinski definition) is 0. The molecule has 2 aromatic rings. The number of hydrogen-bond acceptors (Lipinski definition) is 4. The molecule has 0 bridgehead atoms. The lowest BCUT2D eigenvalue weighted by Gasteiger charge is -2.52. The number of carbonyl (C=O) groups is 3. The van der Waals surface area contributed by atoms with Crippen molar-refractivity contribution in [2.75, 3.05) is 13.1 Å². The molecule has 0 unspecified atom stereocenters. The van der Waals surface area contributed by atoms with Gasteiger partial charge in [0.15, 0.2) is 0 Å². The van der Waals surface area contributed by atoms with Crippen LogP contribution in [0.5, 0.6) is 0 Å². The third-order valence-corrected chi connectivity index (χ3v) is 7.08. The molecule has 2 fully saturated rings. The Kier molecular flexibility index (Phi) is 8.36. The molecule has 0 N–H and O–H groups in total. The lowest BCUT2D eigenvalue weighted by molar-refractivity contribution is -0.172. The smallest absolute Gasteiger partial charge is 0.416 e. The van der Waals surface area contributed by atoms with Crippen LogP contribution < -0.4 is 0 Å². The maximum Gasteiger partial charge on any atom is 0.416 e. The molecule has 2 aliphatic rings. The summed E-state index contributed by atoms with van der Waals surface area (Å²) in [5.74, 6) is -1.47. The lowest BCUT2D eigenvalue weighted by atomic mass is 9.95. The molecule has 220 valence electrons. The average Bonchev–Trinajstić information content (AvgIpc) is 2.91. The number of piperazine rings is 1. The van der Waals surface area contributed by atoms with Crippen molar-refractivity contribution < 1.29 is 45.5 Å². The highest BCUT2D eigenvalue weighted by molar-refractivity contribution is 5.91. The van der Waals surface area contributed by atoms with Crippen LogP contribution in [-0.2, 0) is 39.8 Å². The van der Waals surface area contributed by atoms with Crippen molar-refractivity contribution in [3.8, 4) is 0 Å². The minimum Gasteiger partial charge on any atom is -0.444 e. The largest absolute Gasteiger partial charge is 0.444 e. The van der Waals surface area contributed by atoms with Gasteiger partial charge in [0, 0.05) is 13.1 Å². The molecule has 3 atom stereocenters. The van der Waals surface area contributed by atoms with Crippen LogP contribution in [0.15, 0.2) is 61.2 Å². The zero-order valence-corrected chi connectivity index (χ0v) is 21.9. The summed E-state index contributed by atoms with van der Waals surface area (Å²) in [7, 11) is 0. The molecule has 0 radical (unpaired) electrons. The Bertz CT molecular complexity index is 1280. The van der Waals surface area contributed by atoms with E-state index in [2.05, 4.69) is 6.58 Å². The van der Waals surface area contributed by atoms with Crippen LogP contribution >= 0.6 is 0 Å². The predicted octanol–water partition coefficient (Wildman–Crippen LogP) is 5.45. The molecule has 0 saturated carbocycles. The molecule has 41 heavy (non-hydrogen) atoms. The molecule has 0 spiro atoms. The van der Waals surface area contributed by atoms with Gasteiger partial charge in [0.25, 0.3) is 0 Å². The van der Waals surface area contributed by atoms with Gasteiger partial charge in [-0.25, -0.2) is 4.79 Å². The van der Waals surface area contributed by atoms with Crippen molar-refractivity contribution in [3.05, 3.63) is 83.4 Å². The molecule has 4 rings (SSSR count). The fourth-order valence-corrected chi connectivity index (χ4v) is 5.10. The number of carbonyl (C=O) groups excluding carboxylic acids is 3. The van der Waals surface area contributed by atoms with Gasteiger partial charge in [0.1, 0.15) is 18.8 Å². The zero-order valence-electron chi connectivity index (χ0n) is 21.9. The highest BCUT2D eigenvalue weighted by Crippen LogP contribution is 2.37. The SMILES string of the molecule is C=CC[C@@H]1CN(C(=O)OCc2cc(C(F)(F)F)cc(C(F)(F)F)c2)[C@H]2CN(Cc3ccccc3)C(=O)[C@H](C)N2C1=O. The molecule has 13 heteroatoms. The van der Waals surface area contributed by atoms with E-state index in [0.717, 1.165) is 5.56 Å². The van der Waals surface area contributed by atoms with Crippen LogP contribution in [0.4, 0.5) is 31.1 Å². The maximum atomic E-state index is 13.3. The normalized spacial score (nSPS) is 21.5. The Balaban J connectivity index is 1.60. The molecule has 2 aromatic carbocycles. The van der Waals surface area contributed by atoms with Crippen LogP contribution in [0.2, 0.25) is 0 Å². The fourth-order valence-electron chi connectivity index (χ4n) is 5.10. The molecule has 0 aromatic heterocycles. The number of amides is 3. The van der Waals surface area contributed by atoms with Crippen molar-refractivity contribution in [2.24, 2.45) is 5.92 Å². The second-order valence-electron chi connectivity index (χ2n) is 9.95. The van der Waals surface area contributed by atoms with Crippen molar-refractivity contribution in [1.29, 1.82) is 0 Å². The van der Waals surface area contributed by atoms with Gasteiger partial charge in [-0.05, 0) is 42.7 Å². The summed E-state index contributed by atoms with van der Waals surface area (Å²) >= 11 is 0. The van der Waals surface area contributed by atoms with Gasteiger partial charge in [0.05, 0.1) is 23.6 Å². The standard InChI is InChI=1S/C28H27F6N3O4/c1-3-7-20-14-36(26(40)41-16-19-10-21(27(29,30)31)12-22(11-19)28(32,33)34)23-15-35(13-18-8-5-4-6-9-18)24(38)17(2)37(23)25(20)39/h3-6,8-12,17,20,23H,1,7,13-16H2,2H3/t17-,20+,23+/m0/s1. The minimum atomic E-state index is -5.06. The molecule has 2 saturated heterocycles. The summed E-state index contributed by atoms with van der Waals surface area (Å²) in [5, 5.41) is 0. The third-order valence-electron chi connectivity index (χ3n) is 7.08. The predicted molar refractivity (Wildman–Crippen MR) is 134 cm³/mol. The summed E-state index contributed by atoms with van der Waals surface area (Å²) in [6.45, 7) is 4.27. The van der Waals surface area contributed by atoms with E-state index in [1.165, 1.54) is 27.7 Å². The number of rotatable bonds is 6. The second kappa shape index (κ2) is 11.5. The number of allylic oxidation sites excluding steroid dienone is 1. The third kappa shape index (κ3) is 6.49. The highest BCUT2D eigenvalue weighted by Gasteiger charge is 2.50. The van der Waals surface area contributed by atoms with E-state index >= 15 is 0 Å². The van der Waals surface area contributed by atoms with E-state index < -0.39 is 59.9 Å². The van der Waals surface area contributed by atoms with Gasteiger partial charge < -0.3 is 14.5 Å². The molecular weight excluding hydrogens is 556 g/mol. The van der Waals surface area contributed by atoms with E-state index in [9.17, 15) is 40.7 Å². The number of halogens is 6. The summed E-state index contributed by atoms with van der Waals surface area (Å²) < 4.78 is 84.8. The van der Waals surface area contributed by atoms with Gasteiger partial charge in [0.2, 0.25) is 11.8 Å². The molecule has 7 nitrogen and oxygen atoms in total. The lowest BCUT2D eigenvalue weighted by Crippen LogP contribution is -2.72. The number of alkyl halides is 6. The monoisotopic (exact) mass is 583 g/mol. The van der Waals surface area contributed by atoms with Gasteiger partial charge in [-0.2, -0.15) is 26.3 Å². The van der Waals surface area contributed by atoms with Crippen LogP contribution in [0, 0.1) is 5.92 Å². The van der Waals surface area contributed by atoms with Crippen molar-refractivity contribution >= 4 is 17.9 Å². The number of benzene rings is 2. The molecule has 3 amide bonds. The highest BCUT2D eigenvalue weighted by atomic mass is 19.4. The van der Waals surface area contributed by atoms with Crippen LogP contribution in [-0.4, -0.2) is 57.9 Å². The summed E-state index contributed by atoms with van der Waals surface area (Å²) in [6.07, 6.45) is -10.5. The van der Waals surface area contributed by atoms with Crippen LogP contribution in [0.1, 0.15) is 35.6 Å². The van der Waals surface area contributed by atoms with E-state index in [1.807, 2.05) is 18.2 Å². The van der Waals surface area contributed by atoms with Gasteiger partial charge in [-0.1, -0.05) is 36.4 Å². The van der Waals surface area contributed by atoms with E-state index in [1.54, 1.807) is 12.1 Å². The van der Waals surface area contributed by atoms with Crippen molar-refractivity contribution in [2.45, 2.75) is 51.1 Å². The topological polar surface area (TPSA) is 70.2 Å². The fraction of sp³-hybridized carbons (Fsp3) is 0.393. The number of nitrogens with zero attached hydrogens (tertiary/aromatic N) is 3. The summed E-state index contributed by atoms with van der Waals surface area (Å²) in [4.78, 5) is 43.8. The Morgan fingerprint density at radius 1 is 0.951 bits per heavy atom. The quantitative estimate of drug-likeness (QED) is 0.335. The number of fused-ring (bicyclic) bond motifs is 1. The Labute approximate surface area is 231 Å². The molecule has 2 aliphatic heterocycles. The van der Waals surface area contributed by atoms with E-state index in [4.69, 9.17) is 4.74 Å². The summed E-state index contributed by atoms with van der Waals surface area (Å²) in [6, 6.07) is 9.05. The van der Waals surface area contributed by atoms with Crippen LogP contribution in [0.3, 0.4) is 0 Å². The summed E-state index contributed by atoms with van der Waals surface area (Å²) in [5.41, 5.74) is -2.76. The first-order valence-corrected chi connectivity index (χ1v) is 12.7. The molecular formula is C28H27F6N3O4. The van der Waals surface area contributed by atoms with E-state index in [-0.39, 0.29) is 43.9 Å². The van der Waals surface area contributed by atoms with Crippen molar-refractivity contribution in [1.82, 2.24) is 14.7 Å². The molecule has 0 aliphatic carbocycles. The first kappa shape index (κ1) is 29.9. The zero-order chi connectivity index (χ0) is 30.1. The van der Waals surface area contributed by atoms with Gasteiger partial charge >= 0.3 is 18.4 Å². The minimum absolute atomic E-state index is 0.0128. The van der Waals surface area contributed by atoms with Crippen LogP contribution in [0.25, 0.3) is 0 Å². The average molecular weight is 584 g/mol. The Morgan fingerprint density at radius 2 is 1.56 bits per heavy atom. The molecule has 2 heterocycles. The van der Waals surface area contributed by atoms with Gasteiger partial charge in [-0.3, -0.25) is 14.5 Å².